The Morgan fingerprint density at radius 3 is 2.95 bits per heavy atom. The molecule has 104 valence electrons. The Bertz CT molecular complexity index is 595. The van der Waals surface area contributed by atoms with Crippen molar-refractivity contribution >= 4 is 0 Å². The van der Waals surface area contributed by atoms with Gasteiger partial charge in [0.25, 0.3) is 0 Å². The van der Waals surface area contributed by atoms with Crippen molar-refractivity contribution in [1.29, 1.82) is 0 Å². The summed E-state index contributed by atoms with van der Waals surface area (Å²) < 4.78 is 5.79. The van der Waals surface area contributed by atoms with Gasteiger partial charge in [0, 0.05) is 37.0 Å². The molecule has 0 amide bonds. The van der Waals surface area contributed by atoms with Crippen LogP contribution >= 0.6 is 0 Å². The van der Waals surface area contributed by atoms with Gasteiger partial charge in [-0.05, 0) is 42.7 Å². The van der Waals surface area contributed by atoms with Crippen LogP contribution in [0.4, 0.5) is 0 Å². The highest BCUT2D eigenvalue weighted by molar-refractivity contribution is 5.44. The van der Waals surface area contributed by atoms with Crippen molar-refractivity contribution in [3.63, 3.8) is 0 Å². The van der Waals surface area contributed by atoms with E-state index in [0.29, 0.717) is 6.04 Å². The molecular weight excluding hydrogens is 248 g/mol. The molecule has 20 heavy (non-hydrogen) atoms. The highest BCUT2D eigenvalue weighted by Crippen LogP contribution is 2.34. The van der Waals surface area contributed by atoms with Crippen molar-refractivity contribution in [3.05, 3.63) is 58.9 Å². The van der Waals surface area contributed by atoms with Crippen LogP contribution in [0.1, 0.15) is 34.7 Å². The predicted molar refractivity (Wildman–Crippen MR) is 79.8 cm³/mol. The predicted octanol–water partition coefficient (Wildman–Crippen LogP) is 3.31. The molecule has 0 saturated heterocycles. The minimum Gasteiger partial charge on any atom is -0.493 e. The van der Waals surface area contributed by atoms with E-state index in [2.05, 4.69) is 42.3 Å². The lowest BCUT2D eigenvalue weighted by Crippen LogP contribution is -2.27. The fraction of sp³-hybridized carbons (Fsp3) is 0.353. The van der Waals surface area contributed by atoms with Crippen LogP contribution in [-0.4, -0.2) is 11.6 Å². The van der Waals surface area contributed by atoms with Gasteiger partial charge in [-0.1, -0.05) is 12.1 Å². The fourth-order valence-corrected chi connectivity index (χ4v) is 2.61. The molecule has 3 heteroatoms. The number of aryl methyl sites for hydroxylation is 2. The number of nitrogens with one attached hydrogen (secondary N) is 1. The summed E-state index contributed by atoms with van der Waals surface area (Å²) in [5.41, 5.74) is 5.10. The molecule has 3 rings (SSSR count). The smallest absolute Gasteiger partial charge is 0.124 e. The summed E-state index contributed by atoms with van der Waals surface area (Å²) in [5.74, 6) is 1.03. The van der Waals surface area contributed by atoms with E-state index in [1.54, 1.807) is 6.20 Å². The maximum atomic E-state index is 5.79. The zero-order valence-electron chi connectivity index (χ0n) is 12.0. The van der Waals surface area contributed by atoms with Gasteiger partial charge in [-0.25, -0.2) is 0 Å². The van der Waals surface area contributed by atoms with E-state index in [4.69, 9.17) is 4.74 Å². The molecule has 1 aliphatic rings. The molecule has 0 saturated carbocycles. The summed E-state index contributed by atoms with van der Waals surface area (Å²) in [6.45, 7) is 5.90. The van der Waals surface area contributed by atoms with Crippen LogP contribution in [0.5, 0.6) is 5.75 Å². The lowest BCUT2D eigenvalue weighted by molar-refractivity contribution is 0.252. The Morgan fingerprint density at radius 2 is 2.15 bits per heavy atom. The lowest BCUT2D eigenvalue weighted by Gasteiger charge is -2.28. The van der Waals surface area contributed by atoms with Gasteiger partial charge >= 0.3 is 0 Å². The van der Waals surface area contributed by atoms with E-state index in [1.807, 2.05) is 12.3 Å². The largest absolute Gasteiger partial charge is 0.493 e. The minimum atomic E-state index is 0.359. The Morgan fingerprint density at radius 1 is 1.30 bits per heavy atom. The van der Waals surface area contributed by atoms with Crippen LogP contribution in [0.3, 0.4) is 0 Å². The number of hydrogen-bond donors (Lipinski definition) is 1. The summed E-state index contributed by atoms with van der Waals surface area (Å²) in [7, 11) is 0. The summed E-state index contributed by atoms with van der Waals surface area (Å²) in [6.07, 6.45) is 4.72. The van der Waals surface area contributed by atoms with Gasteiger partial charge in [-0.2, -0.15) is 0 Å². The highest BCUT2D eigenvalue weighted by atomic mass is 16.5. The summed E-state index contributed by atoms with van der Waals surface area (Å²) in [4.78, 5) is 4.15. The quantitative estimate of drug-likeness (QED) is 0.927. The Hall–Kier alpha value is -1.87. The van der Waals surface area contributed by atoms with Crippen molar-refractivity contribution in [1.82, 2.24) is 10.3 Å². The lowest BCUT2D eigenvalue weighted by atomic mass is 9.96. The first-order chi connectivity index (χ1) is 9.74. The van der Waals surface area contributed by atoms with Crippen LogP contribution in [0.15, 0.2) is 36.7 Å². The van der Waals surface area contributed by atoms with E-state index in [0.717, 1.165) is 25.3 Å². The summed E-state index contributed by atoms with van der Waals surface area (Å²) in [6, 6.07) is 8.84. The van der Waals surface area contributed by atoms with E-state index in [9.17, 15) is 0 Å². The highest BCUT2D eigenvalue weighted by Gasteiger charge is 2.21. The second-order valence-corrected chi connectivity index (χ2v) is 5.41. The molecule has 1 N–H and O–H groups in total. The second kappa shape index (κ2) is 5.63. The molecular formula is C17H20N2O. The fourth-order valence-electron chi connectivity index (χ4n) is 2.61. The molecule has 2 heterocycles. The van der Waals surface area contributed by atoms with Crippen LogP contribution in [0.2, 0.25) is 0 Å². The summed E-state index contributed by atoms with van der Waals surface area (Å²) in [5, 5.41) is 3.62. The van der Waals surface area contributed by atoms with Gasteiger partial charge in [0.05, 0.1) is 6.61 Å². The third kappa shape index (κ3) is 2.68. The first-order valence-electron chi connectivity index (χ1n) is 7.10. The molecule has 3 nitrogen and oxygen atoms in total. The van der Waals surface area contributed by atoms with Gasteiger partial charge < -0.3 is 10.1 Å². The molecule has 2 aromatic rings. The number of ether oxygens (including phenoxy) is 1. The number of hydrogen-bond acceptors (Lipinski definition) is 3. The zero-order chi connectivity index (χ0) is 13.9. The van der Waals surface area contributed by atoms with Gasteiger partial charge in [0.2, 0.25) is 0 Å². The van der Waals surface area contributed by atoms with Crippen LogP contribution < -0.4 is 10.1 Å². The normalized spacial score (nSPS) is 17.4. The van der Waals surface area contributed by atoms with E-state index < -0.39 is 0 Å². The average Bonchev–Trinajstić information content (AvgIpc) is 2.47. The first kappa shape index (κ1) is 13.1. The molecule has 0 spiro atoms. The van der Waals surface area contributed by atoms with E-state index >= 15 is 0 Å². The number of nitrogens with zero attached hydrogens (tertiary/aromatic N) is 1. The Labute approximate surface area is 120 Å². The van der Waals surface area contributed by atoms with Crippen molar-refractivity contribution in [2.45, 2.75) is 32.9 Å². The SMILES string of the molecule is Cc1cc2c(cc1C)C(NCc1cccnc1)CCO2. The van der Waals surface area contributed by atoms with Crippen molar-refractivity contribution < 1.29 is 4.74 Å². The van der Waals surface area contributed by atoms with Crippen LogP contribution in [0.25, 0.3) is 0 Å². The van der Waals surface area contributed by atoms with Crippen LogP contribution in [-0.2, 0) is 6.54 Å². The average molecular weight is 268 g/mol. The van der Waals surface area contributed by atoms with Gasteiger partial charge in [-0.15, -0.1) is 0 Å². The zero-order valence-corrected chi connectivity index (χ0v) is 12.0. The summed E-state index contributed by atoms with van der Waals surface area (Å²) >= 11 is 0. The second-order valence-electron chi connectivity index (χ2n) is 5.41. The Balaban J connectivity index is 1.78. The molecule has 1 aromatic carbocycles. The molecule has 1 unspecified atom stereocenters. The van der Waals surface area contributed by atoms with Crippen molar-refractivity contribution in [2.75, 3.05) is 6.61 Å². The maximum Gasteiger partial charge on any atom is 0.124 e. The minimum absolute atomic E-state index is 0.359. The number of pyridine rings is 1. The molecule has 1 atom stereocenters. The van der Waals surface area contributed by atoms with Crippen molar-refractivity contribution in [3.8, 4) is 5.75 Å². The van der Waals surface area contributed by atoms with Gasteiger partial charge in [0.15, 0.2) is 0 Å². The third-order valence-corrected chi connectivity index (χ3v) is 3.94. The number of aromatic nitrogens is 1. The maximum absolute atomic E-state index is 5.79. The standard InChI is InChI=1S/C17H20N2O/c1-12-8-15-16(5-7-20-17(15)9-13(12)2)19-11-14-4-3-6-18-10-14/h3-4,6,8-10,16,19H,5,7,11H2,1-2H3. The third-order valence-electron chi connectivity index (χ3n) is 3.94. The van der Waals surface area contributed by atoms with E-state index in [-0.39, 0.29) is 0 Å². The van der Waals surface area contributed by atoms with Gasteiger partial charge in [-0.3, -0.25) is 4.98 Å². The number of fused-ring (bicyclic) bond motifs is 1. The van der Waals surface area contributed by atoms with Gasteiger partial charge in [0.1, 0.15) is 5.75 Å². The molecule has 1 aromatic heterocycles. The Kier molecular flexibility index (Phi) is 3.70. The molecule has 0 bridgehead atoms. The molecule has 1 aliphatic heterocycles. The number of benzene rings is 1. The molecule has 0 fully saturated rings. The monoisotopic (exact) mass is 268 g/mol. The first-order valence-corrected chi connectivity index (χ1v) is 7.10. The number of rotatable bonds is 3. The molecule has 0 aliphatic carbocycles. The van der Waals surface area contributed by atoms with Crippen LogP contribution in [0, 0.1) is 13.8 Å². The van der Waals surface area contributed by atoms with E-state index in [1.165, 1.54) is 22.3 Å². The topological polar surface area (TPSA) is 34.2 Å². The van der Waals surface area contributed by atoms with Crippen molar-refractivity contribution in [2.24, 2.45) is 0 Å². The molecule has 0 radical (unpaired) electrons.